The summed E-state index contributed by atoms with van der Waals surface area (Å²) in [6.07, 6.45) is 0. The summed E-state index contributed by atoms with van der Waals surface area (Å²) in [6, 6.07) is 8.89. The number of aryl methyl sites for hydroxylation is 1. The molecule has 0 bridgehead atoms. The average molecular weight is 283 g/mol. The Bertz CT molecular complexity index is 709. The number of hydrogen-bond donors (Lipinski definition) is 1. The van der Waals surface area contributed by atoms with Crippen LogP contribution < -0.4 is 10.6 Å². The fraction of sp³-hybridized carbons (Fsp3) is 0.267. The molecule has 0 aliphatic rings. The first-order chi connectivity index (χ1) is 9.93. The first-order valence-corrected chi connectivity index (χ1v) is 6.50. The molecule has 0 saturated heterocycles. The van der Waals surface area contributed by atoms with Crippen molar-refractivity contribution in [1.29, 1.82) is 5.26 Å². The van der Waals surface area contributed by atoms with Gasteiger partial charge >= 0.3 is 0 Å². The summed E-state index contributed by atoms with van der Waals surface area (Å²) in [7, 11) is 1.69. The van der Waals surface area contributed by atoms with Crippen LogP contribution >= 0.6 is 0 Å². The van der Waals surface area contributed by atoms with Gasteiger partial charge in [0.2, 0.25) is 5.91 Å². The quantitative estimate of drug-likeness (QED) is 0.927. The minimum absolute atomic E-state index is 0.106. The van der Waals surface area contributed by atoms with Gasteiger partial charge < -0.3 is 10.6 Å². The van der Waals surface area contributed by atoms with Crippen LogP contribution in [0.25, 0.3) is 0 Å². The lowest BCUT2D eigenvalue weighted by molar-refractivity contribution is -0.119. The highest BCUT2D eigenvalue weighted by molar-refractivity contribution is 5.92. The van der Waals surface area contributed by atoms with Crippen molar-refractivity contribution in [3.63, 3.8) is 0 Å². The van der Waals surface area contributed by atoms with Gasteiger partial charge in [0, 0.05) is 12.7 Å². The number of carbonyl (C=O) groups is 1. The standard InChI is InChI=1S/C15H17N5O/c1-10-15(17)11(2)20(18-10)9-14(21)19(3)13-6-4-12(8-16)5-7-13/h4-7H,9,17H2,1-3H3. The molecular weight excluding hydrogens is 266 g/mol. The molecule has 2 rings (SSSR count). The number of carbonyl (C=O) groups excluding carboxylic acids is 1. The molecule has 1 aromatic heterocycles. The molecule has 2 N–H and O–H groups in total. The number of nitrogens with zero attached hydrogens (tertiary/aromatic N) is 4. The van der Waals surface area contributed by atoms with Crippen LogP contribution in [-0.2, 0) is 11.3 Å². The second kappa shape index (κ2) is 5.67. The highest BCUT2D eigenvalue weighted by Gasteiger charge is 2.15. The lowest BCUT2D eigenvalue weighted by Crippen LogP contribution is -2.30. The molecule has 0 aliphatic carbocycles. The number of likely N-dealkylation sites (N-methyl/N-ethyl adjacent to an activating group) is 1. The van der Waals surface area contributed by atoms with Gasteiger partial charge in [0.05, 0.1) is 28.7 Å². The summed E-state index contributed by atoms with van der Waals surface area (Å²) < 4.78 is 1.60. The van der Waals surface area contributed by atoms with Crippen LogP contribution in [0.3, 0.4) is 0 Å². The van der Waals surface area contributed by atoms with Crippen molar-refractivity contribution >= 4 is 17.3 Å². The molecule has 0 aliphatic heterocycles. The third-order valence-electron chi connectivity index (χ3n) is 3.48. The van der Waals surface area contributed by atoms with E-state index in [1.807, 2.05) is 19.9 Å². The van der Waals surface area contributed by atoms with Crippen molar-refractivity contribution in [3.05, 3.63) is 41.2 Å². The van der Waals surface area contributed by atoms with Gasteiger partial charge in [-0.25, -0.2) is 0 Å². The Kier molecular flexibility index (Phi) is 3.94. The normalized spacial score (nSPS) is 10.2. The molecule has 0 fully saturated rings. The molecule has 0 spiro atoms. The largest absolute Gasteiger partial charge is 0.396 e. The number of nitriles is 1. The fourth-order valence-electron chi connectivity index (χ4n) is 2.00. The van der Waals surface area contributed by atoms with E-state index < -0.39 is 0 Å². The van der Waals surface area contributed by atoms with E-state index in [2.05, 4.69) is 5.10 Å². The summed E-state index contributed by atoms with van der Waals surface area (Å²) in [5.74, 6) is -0.106. The average Bonchev–Trinajstić information content (AvgIpc) is 2.74. The zero-order chi connectivity index (χ0) is 15.6. The number of nitrogens with two attached hydrogens (primary N) is 1. The number of benzene rings is 1. The van der Waals surface area contributed by atoms with E-state index in [-0.39, 0.29) is 12.5 Å². The van der Waals surface area contributed by atoms with Gasteiger partial charge in [0.1, 0.15) is 6.54 Å². The zero-order valence-electron chi connectivity index (χ0n) is 12.3. The third kappa shape index (κ3) is 2.87. The molecule has 1 amide bonds. The van der Waals surface area contributed by atoms with E-state index in [1.165, 1.54) is 4.90 Å². The maximum atomic E-state index is 12.3. The predicted octanol–water partition coefficient (Wildman–Crippen LogP) is 1.62. The van der Waals surface area contributed by atoms with Crippen LogP contribution in [0.5, 0.6) is 0 Å². The Morgan fingerprint density at radius 1 is 1.38 bits per heavy atom. The van der Waals surface area contributed by atoms with E-state index in [9.17, 15) is 4.79 Å². The first kappa shape index (κ1) is 14.6. The van der Waals surface area contributed by atoms with E-state index in [0.29, 0.717) is 11.3 Å². The highest BCUT2D eigenvalue weighted by Crippen LogP contribution is 2.17. The van der Waals surface area contributed by atoms with Crippen LogP contribution in [0.4, 0.5) is 11.4 Å². The second-order valence-electron chi connectivity index (χ2n) is 4.85. The van der Waals surface area contributed by atoms with Gasteiger partial charge in [-0.05, 0) is 38.1 Å². The molecule has 0 unspecified atom stereocenters. The Labute approximate surface area is 123 Å². The second-order valence-corrected chi connectivity index (χ2v) is 4.85. The number of anilines is 2. The molecule has 1 aromatic carbocycles. The van der Waals surface area contributed by atoms with Crippen molar-refractivity contribution in [3.8, 4) is 6.07 Å². The van der Waals surface area contributed by atoms with Gasteiger partial charge in [-0.15, -0.1) is 0 Å². The van der Waals surface area contributed by atoms with E-state index in [1.54, 1.807) is 36.0 Å². The number of hydrogen-bond acceptors (Lipinski definition) is 4. The maximum absolute atomic E-state index is 12.3. The molecule has 108 valence electrons. The monoisotopic (exact) mass is 283 g/mol. The minimum Gasteiger partial charge on any atom is -0.396 e. The minimum atomic E-state index is -0.106. The lowest BCUT2D eigenvalue weighted by Gasteiger charge is -2.17. The Hall–Kier alpha value is -2.81. The van der Waals surface area contributed by atoms with E-state index in [0.717, 1.165) is 17.1 Å². The maximum Gasteiger partial charge on any atom is 0.248 e. The number of amides is 1. The molecule has 21 heavy (non-hydrogen) atoms. The van der Waals surface area contributed by atoms with Gasteiger partial charge in [-0.2, -0.15) is 10.4 Å². The fourth-order valence-corrected chi connectivity index (χ4v) is 2.00. The Morgan fingerprint density at radius 2 is 2.00 bits per heavy atom. The molecule has 6 nitrogen and oxygen atoms in total. The number of rotatable bonds is 3. The molecule has 6 heteroatoms. The topological polar surface area (TPSA) is 87.9 Å². The Balaban J connectivity index is 2.15. The van der Waals surface area contributed by atoms with Crippen molar-refractivity contribution in [2.45, 2.75) is 20.4 Å². The highest BCUT2D eigenvalue weighted by atomic mass is 16.2. The zero-order valence-corrected chi connectivity index (χ0v) is 12.3. The molecule has 0 radical (unpaired) electrons. The molecule has 0 saturated carbocycles. The van der Waals surface area contributed by atoms with Crippen LogP contribution in [0.2, 0.25) is 0 Å². The van der Waals surface area contributed by atoms with Crippen LogP contribution in [-0.4, -0.2) is 22.7 Å². The summed E-state index contributed by atoms with van der Waals surface area (Å²) in [5, 5.41) is 13.0. The van der Waals surface area contributed by atoms with Gasteiger partial charge in [0.15, 0.2) is 0 Å². The number of aromatic nitrogens is 2. The summed E-state index contributed by atoms with van der Waals surface area (Å²) >= 11 is 0. The SMILES string of the molecule is Cc1nn(CC(=O)N(C)c2ccc(C#N)cc2)c(C)c1N. The molecular formula is C15H17N5O. The van der Waals surface area contributed by atoms with Gasteiger partial charge in [-0.3, -0.25) is 9.48 Å². The molecule has 0 atom stereocenters. The van der Waals surface area contributed by atoms with Crippen molar-refractivity contribution < 1.29 is 4.79 Å². The van der Waals surface area contributed by atoms with E-state index >= 15 is 0 Å². The molecule has 1 heterocycles. The summed E-state index contributed by atoms with van der Waals surface area (Å²) in [6.45, 7) is 3.78. The van der Waals surface area contributed by atoms with Gasteiger partial charge in [-0.1, -0.05) is 0 Å². The predicted molar refractivity (Wildman–Crippen MR) is 80.7 cm³/mol. The third-order valence-corrected chi connectivity index (χ3v) is 3.48. The number of nitrogen functional groups attached to an aromatic ring is 1. The van der Waals surface area contributed by atoms with E-state index in [4.69, 9.17) is 11.0 Å². The van der Waals surface area contributed by atoms with Crippen LogP contribution in [0.15, 0.2) is 24.3 Å². The Morgan fingerprint density at radius 3 is 2.48 bits per heavy atom. The smallest absolute Gasteiger partial charge is 0.248 e. The van der Waals surface area contributed by atoms with Crippen molar-refractivity contribution in [2.75, 3.05) is 17.7 Å². The summed E-state index contributed by atoms with van der Waals surface area (Å²) in [4.78, 5) is 13.8. The lowest BCUT2D eigenvalue weighted by atomic mass is 10.2. The van der Waals surface area contributed by atoms with Crippen LogP contribution in [0, 0.1) is 25.2 Å². The van der Waals surface area contributed by atoms with Crippen molar-refractivity contribution in [2.24, 2.45) is 0 Å². The molecule has 2 aromatic rings. The van der Waals surface area contributed by atoms with Crippen molar-refractivity contribution in [1.82, 2.24) is 9.78 Å². The van der Waals surface area contributed by atoms with Gasteiger partial charge in [0.25, 0.3) is 0 Å². The first-order valence-electron chi connectivity index (χ1n) is 6.50. The van der Waals surface area contributed by atoms with Crippen LogP contribution in [0.1, 0.15) is 17.0 Å². The summed E-state index contributed by atoms with van der Waals surface area (Å²) in [5.41, 5.74) is 9.27.